The Morgan fingerprint density at radius 3 is 2.52 bits per heavy atom. The highest BCUT2D eigenvalue weighted by Crippen LogP contribution is 2.26. The zero-order valence-electron chi connectivity index (χ0n) is 17.0. The maximum Gasteiger partial charge on any atom is 0.269 e. The first-order chi connectivity index (χ1) is 14.8. The number of fused-ring (bicyclic) bond motifs is 1. The van der Waals surface area contributed by atoms with E-state index in [1.54, 1.807) is 68.6 Å². The van der Waals surface area contributed by atoms with Crippen molar-refractivity contribution in [1.82, 2.24) is 14.3 Å². The van der Waals surface area contributed by atoms with Crippen LogP contribution in [0.3, 0.4) is 0 Å². The summed E-state index contributed by atoms with van der Waals surface area (Å²) in [6.07, 6.45) is 1.42. The lowest BCUT2D eigenvalue weighted by Gasteiger charge is -2.11. The van der Waals surface area contributed by atoms with Crippen LogP contribution >= 0.6 is 0 Å². The molecule has 2 N–H and O–H groups in total. The van der Waals surface area contributed by atoms with E-state index in [4.69, 9.17) is 0 Å². The molecule has 1 heterocycles. The predicted octanol–water partition coefficient (Wildman–Crippen LogP) is 3.02. The molecule has 1 atom stereocenters. The molecule has 1 aromatic heterocycles. The van der Waals surface area contributed by atoms with Crippen molar-refractivity contribution in [2.75, 3.05) is 7.05 Å². The molecular formula is C23H21N3O4S. The molecule has 31 heavy (non-hydrogen) atoms. The van der Waals surface area contributed by atoms with Crippen molar-refractivity contribution in [3.05, 3.63) is 95.6 Å². The monoisotopic (exact) mass is 435 g/mol. The van der Waals surface area contributed by atoms with Crippen molar-refractivity contribution in [2.45, 2.75) is 17.9 Å². The lowest BCUT2D eigenvalue weighted by atomic mass is 10.0. The summed E-state index contributed by atoms with van der Waals surface area (Å²) in [5.74, 6) is -0.175. The molecule has 1 amide bonds. The number of aromatic nitrogens is 2. The molecule has 0 saturated heterocycles. The molecule has 0 bridgehead atoms. The molecular weight excluding hydrogens is 414 g/mol. The SMILES string of the molecule is CNC(=O)c1ccc2cc(C(O)c3cn(S(=O)(=O)c4ccccc4C)cn3)ccc2c1. The molecule has 0 radical (unpaired) electrons. The van der Waals surface area contributed by atoms with Crippen LogP contribution in [0.15, 0.2) is 78.1 Å². The third-order valence-corrected chi connectivity index (χ3v) is 6.95. The minimum atomic E-state index is -3.81. The lowest BCUT2D eigenvalue weighted by molar-refractivity contribution is 0.0963. The van der Waals surface area contributed by atoms with Crippen molar-refractivity contribution < 1.29 is 18.3 Å². The fraction of sp³-hybridized carbons (Fsp3) is 0.130. The summed E-state index contributed by atoms with van der Waals surface area (Å²) in [5, 5.41) is 15.1. The molecule has 158 valence electrons. The third kappa shape index (κ3) is 3.83. The third-order valence-electron chi connectivity index (χ3n) is 5.18. The Morgan fingerprint density at radius 2 is 1.77 bits per heavy atom. The molecule has 0 aliphatic rings. The highest BCUT2D eigenvalue weighted by molar-refractivity contribution is 7.90. The fourth-order valence-electron chi connectivity index (χ4n) is 3.44. The summed E-state index contributed by atoms with van der Waals surface area (Å²) in [4.78, 5) is 16.1. The van der Waals surface area contributed by atoms with E-state index < -0.39 is 16.1 Å². The molecule has 0 fully saturated rings. The molecule has 4 aromatic rings. The molecule has 4 rings (SSSR count). The van der Waals surface area contributed by atoms with Gasteiger partial charge in [0.2, 0.25) is 0 Å². The summed E-state index contributed by atoms with van der Waals surface area (Å²) < 4.78 is 26.9. The van der Waals surface area contributed by atoms with Gasteiger partial charge in [-0.25, -0.2) is 17.4 Å². The zero-order chi connectivity index (χ0) is 22.2. The van der Waals surface area contributed by atoms with E-state index >= 15 is 0 Å². The van der Waals surface area contributed by atoms with E-state index in [0.29, 0.717) is 16.7 Å². The van der Waals surface area contributed by atoms with E-state index in [2.05, 4.69) is 10.3 Å². The van der Waals surface area contributed by atoms with E-state index in [9.17, 15) is 18.3 Å². The molecule has 3 aromatic carbocycles. The Labute approximate surface area is 180 Å². The normalized spacial score (nSPS) is 12.6. The standard InChI is InChI=1S/C23H21N3O4S/c1-15-5-3-4-6-21(15)31(29,30)26-13-20(25-14-26)22(27)18-9-7-17-12-19(23(28)24-2)10-8-16(17)11-18/h3-14,22,27H,1-2H3,(H,24,28). The maximum atomic E-state index is 12.9. The number of benzene rings is 3. The van der Waals surface area contributed by atoms with E-state index in [1.165, 1.54) is 18.6 Å². The summed E-state index contributed by atoms with van der Waals surface area (Å²) in [6.45, 7) is 1.73. The van der Waals surface area contributed by atoms with Crippen LogP contribution in [0.2, 0.25) is 0 Å². The van der Waals surface area contributed by atoms with Gasteiger partial charge in [-0.2, -0.15) is 0 Å². The average molecular weight is 436 g/mol. The number of nitrogens with zero attached hydrogens (tertiary/aromatic N) is 2. The van der Waals surface area contributed by atoms with Gasteiger partial charge in [0, 0.05) is 18.8 Å². The van der Waals surface area contributed by atoms with Crippen LogP contribution in [0.5, 0.6) is 0 Å². The van der Waals surface area contributed by atoms with Crippen molar-refractivity contribution in [3.63, 3.8) is 0 Å². The van der Waals surface area contributed by atoms with Crippen LogP contribution in [0.4, 0.5) is 0 Å². The van der Waals surface area contributed by atoms with Crippen LogP contribution in [0.25, 0.3) is 10.8 Å². The van der Waals surface area contributed by atoms with E-state index in [0.717, 1.165) is 14.7 Å². The van der Waals surface area contributed by atoms with Gasteiger partial charge in [0.25, 0.3) is 15.9 Å². The minimum Gasteiger partial charge on any atom is -0.382 e. The van der Waals surface area contributed by atoms with Crippen LogP contribution in [0, 0.1) is 6.92 Å². The number of rotatable bonds is 5. The number of hydrogen-bond acceptors (Lipinski definition) is 5. The average Bonchev–Trinajstić information content (AvgIpc) is 3.28. The van der Waals surface area contributed by atoms with E-state index in [1.807, 2.05) is 0 Å². The van der Waals surface area contributed by atoms with Crippen molar-refractivity contribution >= 4 is 26.7 Å². The van der Waals surface area contributed by atoms with Gasteiger partial charge in [-0.15, -0.1) is 0 Å². The van der Waals surface area contributed by atoms with Crippen LogP contribution in [-0.2, 0) is 10.0 Å². The van der Waals surface area contributed by atoms with Gasteiger partial charge in [-0.3, -0.25) is 4.79 Å². The summed E-state index contributed by atoms with van der Waals surface area (Å²) in [7, 11) is -2.24. The van der Waals surface area contributed by atoms with Gasteiger partial charge in [-0.05, 0) is 53.1 Å². The topological polar surface area (TPSA) is 101 Å². The number of nitrogens with one attached hydrogen (secondary N) is 1. The van der Waals surface area contributed by atoms with Gasteiger partial charge in [-0.1, -0.05) is 36.4 Å². The van der Waals surface area contributed by atoms with Crippen molar-refractivity contribution in [2.24, 2.45) is 0 Å². The summed E-state index contributed by atoms with van der Waals surface area (Å²) in [5.41, 5.74) is 1.96. The van der Waals surface area contributed by atoms with Crippen LogP contribution in [0.1, 0.15) is 33.3 Å². The first-order valence-electron chi connectivity index (χ1n) is 9.60. The minimum absolute atomic E-state index is 0.175. The largest absolute Gasteiger partial charge is 0.382 e. The Bertz CT molecular complexity index is 1390. The number of aliphatic hydroxyl groups excluding tert-OH is 1. The molecule has 0 saturated carbocycles. The molecule has 8 heteroatoms. The van der Waals surface area contributed by atoms with Gasteiger partial charge in [0.05, 0.1) is 10.6 Å². The van der Waals surface area contributed by atoms with Crippen LogP contribution < -0.4 is 5.32 Å². The quantitative estimate of drug-likeness (QED) is 0.502. The molecule has 0 aliphatic carbocycles. The second-order valence-corrected chi connectivity index (χ2v) is 9.01. The first kappa shape index (κ1) is 20.8. The first-order valence-corrected chi connectivity index (χ1v) is 11.0. The number of aliphatic hydroxyl groups is 1. The molecule has 1 unspecified atom stereocenters. The van der Waals surface area contributed by atoms with E-state index in [-0.39, 0.29) is 16.5 Å². The Kier molecular flexibility index (Phi) is 5.34. The second kappa shape index (κ2) is 7.98. The number of carbonyl (C=O) groups is 1. The maximum absolute atomic E-state index is 12.9. The Morgan fingerprint density at radius 1 is 1.06 bits per heavy atom. The summed E-state index contributed by atoms with van der Waals surface area (Å²) in [6, 6.07) is 17.3. The van der Waals surface area contributed by atoms with Gasteiger partial charge < -0.3 is 10.4 Å². The predicted molar refractivity (Wildman–Crippen MR) is 117 cm³/mol. The van der Waals surface area contributed by atoms with Crippen molar-refractivity contribution in [3.8, 4) is 0 Å². The lowest BCUT2D eigenvalue weighted by Crippen LogP contribution is -2.17. The fourth-order valence-corrected chi connectivity index (χ4v) is 4.81. The zero-order valence-corrected chi connectivity index (χ0v) is 17.8. The number of imidazole rings is 1. The second-order valence-electron chi connectivity index (χ2n) is 7.20. The molecule has 7 nitrogen and oxygen atoms in total. The number of carbonyl (C=O) groups excluding carboxylic acids is 1. The molecule has 0 aliphatic heterocycles. The van der Waals surface area contributed by atoms with Crippen LogP contribution in [-0.4, -0.2) is 35.4 Å². The summed E-state index contributed by atoms with van der Waals surface area (Å²) >= 11 is 0. The number of amides is 1. The smallest absolute Gasteiger partial charge is 0.269 e. The van der Waals surface area contributed by atoms with Gasteiger partial charge in [0.15, 0.2) is 0 Å². The van der Waals surface area contributed by atoms with Crippen molar-refractivity contribution in [1.29, 1.82) is 0 Å². The molecule has 0 spiro atoms. The highest BCUT2D eigenvalue weighted by Gasteiger charge is 2.22. The van der Waals surface area contributed by atoms with Gasteiger partial charge >= 0.3 is 0 Å². The Balaban J connectivity index is 1.65. The Hall–Kier alpha value is -3.49. The van der Waals surface area contributed by atoms with Gasteiger partial charge in [0.1, 0.15) is 12.4 Å². The highest BCUT2D eigenvalue weighted by atomic mass is 32.2. The number of hydrogen-bond donors (Lipinski definition) is 2. The number of aryl methyl sites for hydroxylation is 1.